The van der Waals surface area contributed by atoms with Gasteiger partial charge in [0.2, 0.25) is 11.8 Å². The number of thiazole rings is 1. The van der Waals surface area contributed by atoms with Gasteiger partial charge in [-0.1, -0.05) is 52.7 Å². The van der Waals surface area contributed by atoms with Crippen LogP contribution in [0.4, 0.5) is 4.39 Å². The van der Waals surface area contributed by atoms with Crippen LogP contribution in [-0.2, 0) is 30.3 Å². The summed E-state index contributed by atoms with van der Waals surface area (Å²) in [5.41, 5.74) is -0.397. The number of halogens is 1. The highest BCUT2D eigenvalue weighted by atomic mass is 32.1. The van der Waals surface area contributed by atoms with Gasteiger partial charge in [-0.3, -0.25) is 28.9 Å². The van der Waals surface area contributed by atoms with Crippen molar-refractivity contribution in [3.05, 3.63) is 51.7 Å². The SMILES string of the molecule is C#CCCCCN(C(=O)[C@@H](NC(=O)[C@H]1CCCCN1C)[C@@H](C)CC)[C@H](C[C@@H](OC(C)=O)c1nc(C(=O)N[C@@H](Cc2ccc(F)cc2)CC(C)(C)C(=O)O)cs1)C(C)C. The summed E-state index contributed by atoms with van der Waals surface area (Å²) in [5.74, 6) is -0.513. The monoisotopic (exact) mass is 825 g/mol. The smallest absolute Gasteiger partial charge is 0.309 e. The number of nitrogens with zero attached hydrogens (tertiary/aromatic N) is 3. The first kappa shape index (κ1) is 48.0. The highest BCUT2D eigenvalue weighted by Crippen LogP contribution is 2.32. The second kappa shape index (κ2) is 22.7. The third-order valence-electron chi connectivity index (χ3n) is 11.1. The topological polar surface area (TPSA) is 158 Å². The average molecular weight is 826 g/mol. The molecule has 0 unspecified atom stereocenters. The molecular formula is C44H64FN5O7S. The third-order valence-corrected chi connectivity index (χ3v) is 12.1. The van der Waals surface area contributed by atoms with Crippen molar-refractivity contribution in [3.8, 4) is 12.3 Å². The number of hydrogen-bond donors (Lipinski definition) is 3. The van der Waals surface area contributed by atoms with Gasteiger partial charge >= 0.3 is 11.9 Å². The molecule has 3 N–H and O–H groups in total. The summed E-state index contributed by atoms with van der Waals surface area (Å²) >= 11 is 1.14. The number of likely N-dealkylation sites (tertiary alicyclic amines) is 1. The van der Waals surface area contributed by atoms with Crippen LogP contribution in [0, 0.1) is 35.4 Å². The Morgan fingerprint density at radius 1 is 1.12 bits per heavy atom. The number of carbonyl (C=O) groups excluding carboxylic acids is 4. The van der Waals surface area contributed by atoms with E-state index in [2.05, 4.69) is 21.5 Å². The minimum atomic E-state index is -1.18. The number of amides is 3. The van der Waals surface area contributed by atoms with Crippen molar-refractivity contribution in [3.63, 3.8) is 0 Å². The molecule has 3 rings (SSSR count). The second-order valence-corrected chi connectivity index (χ2v) is 17.6. The molecule has 1 aromatic carbocycles. The molecule has 2 aromatic rings. The fourth-order valence-corrected chi connectivity index (χ4v) is 8.27. The van der Waals surface area contributed by atoms with E-state index in [1.165, 1.54) is 19.1 Å². The third kappa shape index (κ3) is 14.2. The number of piperidine rings is 1. The van der Waals surface area contributed by atoms with Gasteiger partial charge in [0.1, 0.15) is 22.6 Å². The minimum absolute atomic E-state index is 0.0601. The van der Waals surface area contributed by atoms with Gasteiger partial charge < -0.3 is 25.4 Å². The van der Waals surface area contributed by atoms with E-state index in [1.807, 2.05) is 44.5 Å². The number of ether oxygens (including phenoxy) is 1. The van der Waals surface area contributed by atoms with E-state index in [0.29, 0.717) is 37.2 Å². The number of aromatic nitrogens is 1. The van der Waals surface area contributed by atoms with E-state index in [-0.39, 0.29) is 54.6 Å². The van der Waals surface area contributed by atoms with Crippen molar-refractivity contribution in [2.24, 2.45) is 17.3 Å². The Morgan fingerprint density at radius 2 is 1.81 bits per heavy atom. The number of nitrogens with one attached hydrogen (secondary N) is 2. The van der Waals surface area contributed by atoms with Crippen LogP contribution in [0.15, 0.2) is 29.6 Å². The van der Waals surface area contributed by atoms with Crippen molar-refractivity contribution in [2.45, 2.75) is 143 Å². The van der Waals surface area contributed by atoms with Gasteiger partial charge in [0.25, 0.3) is 5.91 Å². The van der Waals surface area contributed by atoms with Crippen molar-refractivity contribution < 1.29 is 38.2 Å². The van der Waals surface area contributed by atoms with E-state index in [1.54, 1.807) is 31.4 Å². The van der Waals surface area contributed by atoms with Gasteiger partial charge in [0.15, 0.2) is 6.10 Å². The van der Waals surface area contributed by atoms with Crippen LogP contribution in [0.5, 0.6) is 0 Å². The summed E-state index contributed by atoms with van der Waals surface area (Å²) in [5, 5.41) is 17.8. The molecule has 58 heavy (non-hydrogen) atoms. The van der Waals surface area contributed by atoms with Gasteiger partial charge in [0, 0.05) is 43.8 Å². The van der Waals surface area contributed by atoms with Crippen LogP contribution in [0.3, 0.4) is 0 Å². The Balaban J connectivity index is 1.94. The van der Waals surface area contributed by atoms with Gasteiger partial charge in [0.05, 0.1) is 11.5 Å². The molecule has 0 aliphatic carbocycles. The lowest BCUT2D eigenvalue weighted by Gasteiger charge is -2.40. The quantitative estimate of drug-likeness (QED) is 0.0661. The van der Waals surface area contributed by atoms with E-state index >= 15 is 0 Å². The van der Waals surface area contributed by atoms with E-state index in [9.17, 15) is 33.5 Å². The molecule has 14 heteroatoms. The molecule has 0 bridgehead atoms. The maximum Gasteiger partial charge on any atom is 0.309 e. The summed E-state index contributed by atoms with van der Waals surface area (Å²) in [7, 11) is 1.94. The molecule has 6 atom stereocenters. The summed E-state index contributed by atoms with van der Waals surface area (Å²) < 4.78 is 19.5. The highest BCUT2D eigenvalue weighted by molar-refractivity contribution is 7.09. The number of benzene rings is 1. The Morgan fingerprint density at radius 3 is 2.40 bits per heavy atom. The van der Waals surface area contributed by atoms with Crippen molar-refractivity contribution in [2.75, 3.05) is 20.1 Å². The Hall–Kier alpha value is -4.35. The summed E-state index contributed by atoms with van der Waals surface area (Å²) in [6.45, 7) is 13.6. The molecule has 0 saturated carbocycles. The van der Waals surface area contributed by atoms with E-state index < -0.39 is 53.3 Å². The number of hydrogen-bond acceptors (Lipinski definition) is 9. The first-order valence-electron chi connectivity index (χ1n) is 20.5. The maximum atomic E-state index is 14.8. The number of aliphatic carboxylic acids is 1. The van der Waals surface area contributed by atoms with Crippen LogP contribution in [0.25, 0.3) is 0 Å². The number of esters is 1. The average Bonchev–Trinajstić information content (AvgIpc) is 3.67. The van der Waals surface area contributed by atoms with Crippen molar-refractivity contribution >= 4 is 41.0 Å². The zero-order valence-corrected chi connectivity index (χ0v) is 36.3. The molecule has 0 radical (unpaired) electrons. The molecule has 3 amide bonds. The van der Waals surface area contributed by atoms with Crippen LogP contribution >= 0.6 is 11.3 Å². The van der Waals surface area contributed by atoms with Gasteiger partial charge in [-0.15, -0.1) is 23.7 Å². The van der Waals surface area contributed by atoms with Crippen LogP contribution < -0.4 is 10.6 Å². The van der Waals surface area contributed by atoms with E-state index in [4.69, 9.17) is 11.2 Å². The molecule has 1 aliphatic heterocycles. The lowest BCUT2D eigenvalue weighted by atomic mass is 9.84. The van der Waals surface area contributed by atoms with Crippen LogP contribution in [0.1, 0.15) is 133 Å². The molecule has 1 fully saturated rings. The minimum Gasteiger partial charge on any atom is -0.481 e. The first-order valence-corrected chi connectivity index (χ1v) is 21.4. The van der Waals surface area contributed by atoms with Gasteiger partial charge in [-0.2, -0.15) is 0 Å². The normalized spacial score (nSPS) is 17.3. The molecule has 1 aromatic heterocycles. The Bertz CT molecular complexity index is 1720. The molecule has 12 nitrogen and oxygen atoms in total. The fraction of sp³-hybridized carbons (Fsp3) is 0.636. The van der Waals surface area contributed by atoms with Crippen molar-refractivity contribution in [1.29, 1.82) is 0 Å². The second-order valence-electron chi connectivity index (χ2n) is 16.7. The van der Waals surface area contributed by atoms with Crippen molar-refractivity contribution in [1.82, 2.24) is 25.4 Å². The number of likely N-dealkylation sites (N-methyl/N-ethyl adjacent to an activating group) is 1. The fourth-order valence-electron chi connectivity index (χ4n) is 7.43. The highest BCUT2D eigenvalue weighted by Gasteiger charge is 2.39. The Kier molecular flexibility index (Phi) is 18.8. The number of carboxylic acids is 1. The molecule has 1 saturated heterocycles. The zero-order valence-electron chi connectivity index (χ0n) is 35.5. The molecule has 1 aliphatic rings. The molecular weight excluding hydrogens is 762 g/mol. The number of carbonyl (C=O) groups is 5. The summed E-state index contributed by atoms with van der Waals surface area (Å²) in [6.07, 6.45) is 10.4. The largest absolute Gasteiger partial charge is 0.481 e. The Labute approximate surface area is 348 Å². The first-order chi connectivity index (χ1) is 27.4. The number of unbranched alkanes of at least 4 members (excludes halogenated alkanes) is 2. The summed E-state index contributed by atoms with van der Waals surface area (Å²) in [6, 6.07) is 3.63. The lowest BCUT2D eigenvalue weighted by Crippen LogP contribution is -2.59. The van der Waals surface area contributed by atoms with Gasteiger partial charge in [-0.25, -0.2) is 9.37 Å². The lowest BCUT2D eigenvalue weighted by molar-refractivity contribution is -0.150. The molecule has 320 valence electrons. The zero-order chi connectivity index (χ0) is 43.2. The molecule has 0 spiro atoms. The molecule has 2 heterocycles. The summed E-state index contributed by atoms with van der Waals surface area (Å²) in [4.78, 5) is 75.3. The standard InChI is InChI=1S/C44H64FN5O7S/c1-10-12-13-15-23-50(42(54)38(29(5)11-2)48-40(53)35-17-14-16-22-49(35)9)36(28(3)4)25-37(57-30(6)51)41-47-34(27-58-41)39(52)46-33(26-44(7,8)43(55)56)24-31-18-20-32(45)21-19-31/h1,18-21,27-29,33,35-38H,11-17,22-26H2,2-9H3,(H,46,52)(H,48,53)(H,55,56)/t29-,33-,35+,36+,37+,38-/m0/s1. The number of rotatable bonds is 22. The number of terminal acetylenes is 1. The van der Waals surface area contributed by atoms with Crippen LogP contribution in [-0.4, -0.2) is 93.9 Å². The predicted molar refractivity (Wildman–Crippen MR) is 223 cm³/mol. The maximum absolute atomic E-state index is 14.8. The predicted octanol–water partition coefficient (Wildman–Crippen LogP) is 6.79. The van der Waals surface area contributed by atoms with E-state index in [0.717, 1.165) is 42.7 Å². The van der Waals surface area contributed by atoms with Gasteiger partial charge in [-0.05, 0) is 95.5 Å². The van der Waals surface area contributed by atoms with Crippen LogP contribution in [0.2, 0.25) is 0 Å². The number of carboxylic acid groups (broad SMARTS) is 1.